The summed E-state index contributed by atoms with van der Waals surface area (Å²) in [6.45, 7) is 3.20. The number of carbonyl (C=O) groups excluding carboxylic acids is 2. The average Bonchev–Trinajstić information content (AvgIpc) is 2.58. The maximum absolute atomic E-state index is 12.5. The van der Waals surface area contributed by atoms with E-state index in [2.05, 4.69) is 10.0 Å². The zero-order valence-corrected chi connectivity index (χ0v) is 16.1. The van der Waals surface area contributed by atoms with E-state index in [0.29, 0.717) is 12.2 Å². The summed E-state index contributed by atoms with van der Waals surface area (Å²) in [6.07, 6.45) is 0.359. The molecule has 146 valence electrons. The lowest BCUT2D eigenvalue weighted by atomic mass is 10.0. The van der Waals surface area contributed by atoms with Gasteiger partial charge in [-0.15, -0.1) is 0 Å². The number of hydrogen-bond donors (Lipinski definition) is 3. The molecule has 26 heavy (non-hydrogen) atoms. The molecule has 0 heterocycles. The molecule has 0 aliphatic heterocycles. The van der Waals surface area contributed by atoms with E-state index in [9.17, 15) is 18.0 Å². The number of nitrogens with one attached hydrogen (secondary N) is 2. The van der Waals surface area contributed by atoms with Crippen molar-refractivity contribution in [3.8, 4) is 11.5 Å². The predicted molar refractivity (Wildman–Crippen MR) is 95.3 cm³/mol. The number of benzene rings is 1. The highest BCUT2D eigenvalue weighted by molar-refractivity contribution is 7.89. The number of hydrogen-bond acceptors (Lipinski definition) is 6. The van der Waals surface area contributed by atoms with Crippen LogP contribution in [0.5, 0.6) is 11.5 Å². The van der Waals surface area contributed by atoms with Gasteiger partial charge in [0, 0.05) is 6.07 Å². The van der Waals surface area contributed by atoms with E-state index in [0.717, 1.165) is 0 Å². The monoisotopic (exact) mass is 387 g/mol. The first-order chi connectivity index (χ1) is 12.1. The Bertz CT molecular complexity index is 748. The molecule has 10 heteroatoms. The van der Waals surface area contributed by atoms with Crippen LogP contribution >= 0.6 is 0 Å². The SMILES string of the molecule is COc1ccc(OC)c(S(=O)(=O)NCC(=O)N[C@@H](CC(C)C)C(N)=O)c1. The molecule has 0 fully saturated rings. The van der Waals surface area contributed by atoms with Crippen molar-refractivity contribution in [2.45, 2.75) is 31.2 Å². The minimum Gasteiger partial charge on any atom is -0.497 e. The number of rotatable bonds is 10. The number of amides is 2. The second kappa shape index (κ2) is 9.39. The van der Waals surface area contributed by atoms with E-state index in [1.807, 2.05) is 13.8 Å². The molecule has 1 aromatic rings. The van der Waals surface area contributed by atoms with Gasteiger partial charge >= 0.3 is 0 Å². The lowest BCUT2D eigenvalue weighted by Crippen LogP contribution is -2.48. The average molecular weight is 387 g/mol. The fraction of sp³-hybridized carbons (Fsp3) is 0.500. The Morgan fingerprint density at radius 2 is 1.85 bits per heavy atom. The number of primary amides is 1. The molecule has 1 aromatic carbocycles. The number of carbonyl (C=O) groups is 2. The predicted octanol–water partition coefficient (Wildman–Crippen LogP) is -0.00170. The lowest BCUT2D eigenvalue weighted by molar-refractivity contribution is -0.127. The molecule has 9 nitrogen and oxygen atoms in total. The van der Waals surface area contributed by atoms with Crippen molar-refractivity contribution < 1.29 is 27.5 Å². The molecule has 0 spiro atoms. The number of ether oxygens (including phenoxy) is 2. The highest BCUT2D eigenvalue weighted by Crippen LogP contribution is 2.27. The Morgan fingerprint density at radius 3 is 2.35 bits per heavy atom. The minimum absolute atomic E-state index is 0.105. The second-order valence-electron chi connectivity index (χ2n) is 5.99. The highest BCUT2D eigenvalue weighted by Gasteiger charge is 2.23. The van der Waals surface area contributed by atoms with Crippen LogP contribution in [0, 0.1) is 5.92 Å². The third-order valence-corrected chi connectivity index (χ3v) is 4.89. The summed E-state index contributed by atoms with van der Waals surface area (Å²) in [4.78, 5) is 23.2. The maximum Gasteiger partial charge on any atom is 0.244 e. The van der Waals surface area contributed by atoms with Gasteiger partial charge in [0.1, 0.15) is 22.4 Å². The molecule has 0 bridgehead atoms. The van der Waals surface area contributed by atoms with E-state index < -0.39 is 34.4 Å². The van der Waals surface area contributed by atoms with Crippen LogP contribution in [0.3, 0.4) is 0 Å². The first kappa shape index (κ1) is 21.7. The van der Waals surface area contributed by atoms with Crippen molar-refractivity contribution in [1.82, 2.24) is 10.0 Å². The Balaban J connectivity index is 2.85. The molecule has 1 atom stereocenters. The molecule has 0 saturated carbocycles. The van der Waals surface area contributed by atoms with Gasteiger partial charge in [0.05, 0.1) is 20.8 Å². The van der Waals surface area contributed by atoms with Crippen molar-refractivity contribution in [2.24, 2.45) is 11.7 Å². The molecule has 0 saturated heterocycles. The van der Waals surface area contributed by atoms with Crippen LogP contribution < -0.4 is 25.2 Å². The van der Waals surface area contributed by atoms with E-state index >= 15 is 0 Å². The van der Waals surface area contributed by atoms with Gasteiger partial charge in [-0.1, -0.05) is 13.8 Å². The topological polar surface area (TPSA) is 137 Å². The first-order valence-electron chi connectivity index (χ1n) is 7.91. The lowest BCUT2D eigenvalue weighted by Gasteiger charge is -2.18. The Kier molecular flexibility index (Phi) is 7.84. The summed E-state index contributed by atoms with van der Waals surface area (Å²) in [5.74, 6) is -0.787. The molecular weight excluding hydrogens is 362 g/mol. The van der Waals surface area contributed by atoms with Crippen LogP contribution in [0.2, 0.25) is 0 Å². The molecule has 0 unspecified atom stereocenters. The van der Waals surface area contributed by atoms with Gasteiger partial charge in [0.25, 0.3) is 0 Å². The van der Waals surface area contributed by atoms with Crippen molar-refractivity contribution >= 4 is 21.8 Å². The van der Waals surface area contributed by atoms with Gasteiger partial charge in [-0.05, 0) is 24.5 Å². The molecular formula is C16H25N3O6S. The third kappa shape index (κ3) is 6.19. The molecule has 4 N–H and O–H groups in total. The molecule has 1 rings (SSSR count). The van der Waals surface area contributed by atoms with Gasteiger partial charge in [-0.2, -0.15) is 0 Å². The maximum atomic E-state index is 12.5. The summed E-state index contributed by atoms with van der Waals surface area (Å²) >= 11 is 0. The summed E-state index contributed by atoms with van der Waals surface area (Å²) in [7, 11) is -1.31. The zero-order chi connectivity index (χ0) is 19.9. The minimum atomic E-state index is -4.04. The van der Waals surface area contributed by atoms with Crippen LogP contribution in [0.15, 0.2) is 23.1 Å². The fourth-order valence-electron chi connectivity index (χ4n) is 2.20. The normalized spacial score (nSPS) is 12.5. The molecule has 0 aliphatic carbocycles. The number of methoxy groups -OCH3 is 2. The number of nitrogens with two attached hydrogens (primary N) is 1. The van der Waals surface area contributed by atoms with Gasteiger partial charge < -0.3 is 20.5 Å². The molecule has 2 amide bonds. The highest BCUT2D eigenvalue weighted by atomic mass is 32.2. The van der Waals surface area contributed by atoms with Crippen LogP contribution in [0.1, 0.15) is 20.3 Å². The van der Waals surface area contributed by atoms with Gasteiger partial charge in [-0.3, -0.25) is 9.59 Å². The van der Waals surface area contributed by atoms with Crippen LogP contribution in [0.25, 0.3) is 0 Å². The van der Waals surface area contributed by atoms with Crippen molar-refractivity contribution in [3.05, 3.63) is 18.2 Å². The van der Waals surface area contributed by atoms with Crippen molar-refractivity contribution in [1.29, 1.82) is 0 Å². The van der Waals surface area contributed by atoms with Gasteiger partial charge in [0.2, 0.25) is 21.8 Å². The largest absolute Gasteiger partial charge is 0.497 e. The van der Waals surface area contributed by atoms with E-state index in [-0.39, 0.29) is 16.6 Å². The summed E-state index contributed by atoms with van der Waals surface area (Å²) in [6, 6.07) is 3.41. The second-order valence-corrected chi connectivity index (χ2v) is 7.73. The van der Waals surface area contributed by atoms with Crippen LogP contribution in [-0.4, -0.2) is 47.0 Å². The van der Waals surface area contributed by atoms with Crippen molar-refractivity contribution in [3.63, 3.8) is 0 Å². The van der Waals surface area contributed by atoms with E-state index in [4.69, 9.17) is 15.2 Å². The Labute approximate surface area is 153 Å². The van der Waals surface area contributed by atoms with Crippen molar-refractivity contribution in [2.75, 3.05) is 20.8 Å². The quantitative estimate of drug-likeness (QED) is 0.517. The van der Waals surface area contributed by atoms with E-state index in [1.165, 1.54) is 26.4 Å². The Hall–Kier alpha value is -2.33. The zero-order valence-electron chi connectivity index (χ0n) is 15.2. The first-order valence-corrected chi connectivity index (χ1v) is 9.39. The third-order valence-electron chi connectivity index (χ3n) is 3.47. The summed E-state index contributed by atoms with van der Waals surface area (Å²) < 4.78 is 37.2. The summed E-state index contributed by atoms with van der Waals surface area (Å²) in [5.41, 5.74) is 5.25. The number of sulfonamides is 1. The van der Waals surface area contributed by atoms with E-state index in [1.54, 1.807) is 6.07 Å². The van der Waals surface area contributed by atoms with Crippen LogP contribution in [0.4, 0.5) is 0 Å². The molecule has 0 aliphatic rings. The summed E-state index contributed by atoms with van der Waals surface area (Å²) in [5, 5.41) is 2.43. The fourth-order valence-corrected chi connectivity index (χ4v) is 3.36. The van der Waals surface area contributed by atoms with Gasteiger partial charge in [-0.25, -0.2) is 13.1 Å². The molecule has 0 radical (unpaired) electrons. The van der Waals surface area contributed by atoms with Crippen LogP contribution in [-0.2, 0) is 19.6 Å². The Morgan fingerprint density at radius 1 is 1.19 bits per heavy atom. The standard InChI is InChI=1S/C16H25N3O6S/c1-10(2)7-12(16(17)21)19-15(20)9-18-26(22,23)14-8-11(24-3)5-6-13(14)25-4/h5-6,8,10,12,18H,7,9H2,1-4H3,(H2,17,21)(H,19,20)/t12-/m0/s1. The smallest absolute Gasteiger partial charge is 0.244 e. The van der Waals surface area contributed by atoms with Gasteiger partial charge in [0.15, 0.2) is 0 Å². The molecule has 0 aromatic heterocycles.